The Morgan fingerprint density at radius 3 is 3.04 bits per heavy atom. The molecule has 0 saturated carbocycles. The zero-order chi connectivity index (χ0) is 16.4. The Hall–Kier alpha value is -2.18. The van der Waals surface area contributed by atoms with E-state index in [1.54, 1.807) is 24.7 Å². The molecule has 7 heteroatoms. The summed E-state index contributed by atoms with van der Waals surface area (Å²) in [5.74, 6) is 0.632. The molecule has 1 unspecified atom stereocenters. The van der Waals surface area contributed by atoms with Crippen molar-refractivity contribution in [1.82, 2.24) is 24.3 Å². The average Bonchev–Trinajstić information content (AvgIpc) is 3.01. The van der Waals surface area contributed by atoms with Gasteiger partial charge >= 0.3 is 0 Å². The van der Waals surface area contributed by atoms with Crippen LogP contribution in [0.5, 0.6) is 5.88 Å². The Morgan fingerprint density at radius 1 is 1.21 bits per heavy atom. The summed E-state index contributed by atoms with van der Waals surface area (Å²) in [6.45, 7) is 2.79. The van der Waals surface area contributed by atoms with Crippen molar-refractivity contribution in [2.75, 3.05) is 13.1 Å². The van der Waals surface area contributed by atoms with Crippen LogP contribution in [-0.4, -0.2) is 43.4 Å². The zero-order valence-electron chi connectivity index (χ0n) is 13.2. The molecule has 0 radical (unpaired) electrons. The highest BCUT2D eigenvalue weighted by atomic mass is 35.5. The highest BCUT2D eigenvalue weighted by Crippen LogP contribution is 2.19. The SMILES string of the molecule is Clc1ccc(OC2CCCN(Cc3cnc4cnccn34)C2)nc1. The maximum absolute atomic E-state index is 6.00. The Morgan fingerprint density at radius 2 is 2.17 bits per heavy atom. The maximum Gasteiger partial charge on any atom is 0.213 e. The van der Waals surface area contributed by atoms with E-state index in [2.05, 4.69) is 24.3 Å². The minimum absolute atomic E-state index is 0.147. The van der Waals surface area contributed by atoms with Crippen molar-refractivity contribution < 1.29 is 4.74 Å². The van der Waals surface area contributed by atoms with E-state index in [1.807, 2.05) is 18.5 Å². The van der Waals surface area contributed by atoms with Gasteiger partial charge in [-0.2, -0.15) is 0 Å². The summed E-state index contributed by atoms with van der Waals surface area (Å²) in [5.41, 5.74) is 2.04. The lowest BCUT2D eigenvalue weighted by atomic mass is 10.1. The average molecular weight is 344 g/mol. The van der Waals surface area contributed by atoms with Crippen molar-refractivity contribution in [3.63, 3.8) is 0 Å². The molecule has 1 aliphatic heterocycles. The number of hydrogen-bond donors (Lipinski definition) is 0. The van der Waals surface area contributed by atoms with Crippen LogP contribution in [0, 0.1) is 0 Å². The Balaban J connectivity index is 1.42. The van der Waals surface area contributed by atoms with Crippen molar-refractivity contribution in [2.45, 2.75) is 25.5 Å². The largest absolute Gasteiger partial charge is 0.473 e. The Bertz CT molecular complexity index is 819. The molecule has 0 amide bonds. The molecule has 3 aromatic heterocycles. The molecule has 1 atom stereocenters. The number of nitrogens with zero attached hydrogens (tertiary/aromatic N) is 5. The summed E-state index contributed by atoms with van der Waals surface area (Å²) in [7, 11) is 0. The highest BCUT2D eigenvalue weighted by Gasteiger charge is 2.22. The normalized spacial score (nSPS) is 18.8. The van der Waals surface area contributed by atoms with Crippen molar-refractivity contribution in [1.29, 1.82) is 0 Å². The van der Waals surface area contributed by atoms with Crippen molar-refractivity contribution in [2.24, 2.45) is 0 Å². The second-order valence-electron chi connectivity index (χ2n) is 5.99. The number of fused-ring (bicyclic) bond motifs is 1. The van der Waals surface area contributed by atoms with Crippen LogP contribution >= 0.6 is 11.6 Å². The van der Waals surface area contributed by atoms with Crippen LogP contribution in [0.1, 0.15) is 18.5 Å². The zero-order valence-corrected chi connectivity index (χ0v) is 13.9. The van der Waals surface area contributed by atoms with Crippen molar-refractivity contribution in [3.8, 4) is 5.88 Å². The van der Waals surface area contributed by atoms with Crippen molar-refractivity contribution >= 4 is 17.2 Å². The third-order valence-corrected chi connectivity index (χ3v) is 4.45. The van der Waals surface area contributed by atoms with E-state index < -0.39 is 0 Å². The summed E-state index contributed by atoms with van der Waals surface area (Å²) in [6.07, 6.45) is 11.3. The number of piperidine rings is 1. The molecule has 1 aliphatic rings. The smallest absolute Gasteiger partial charge is 0.213 e. The van der Waals surface area contributed by atoms with Gasteiger partial charge in [0.1, 0.15) is 6.10 Å². The molecule has 1 saturated heterocycles. The van der Waals surface area contributed by atoms with E-state index in [0.29, 0.717) is 10.9 Å². The minimum atomic E-state index is 0.147. The van der Waals surface area contributed by atoms with Gasteiger partial charge in [-0.3, -0.25) is 14.3 Å². The highest BCUT2D eigenvalue weighted by molar-refractivity contribution is 6.30. The van der Waals surface area contributed by atoms with Crippen LogP contribution in [0.15, 0.2) is 43.1 Å². The van der Waals surface area contributed by atoms with Gasteiger partial charge in [0, 0.05) is 37.7 Å². The van der Waals surface area contributed by atoms with E-state index in [1.165, 1.54) is 0 Å². The lowest BCUT2D eigenvalue weighted by molar-refractivity contribution is 0.0800. The Kier molecular flexibility index (Phi) is 4.32. The van der Waals surface area contributed by atoms with Gasteiger partial charge in [0.2, 0.25) is 5.88 Å². The molecule has 4 rings (SSSR count). The number of likely N-dealkylation sites (tertiary alicyclic amines) is 1. The topological polar surface area (TPSA) is 55.5 Å². The molecule has 0 aromatic carbocycles. The molecule has 0 N–H and O–H groups in total. The van der Waals surface area contributed by atoms with Crippen LogP contribution in [-0.2, 0) is 6.54 Å². The van der Waals surface area contributed by atoms with Gasteiger partial charge in [-0.05, 0) is 25.5 Å². The monoisotopic (exact) mass is 343 g/mol. The molecule has 4 heterocycles. The van der Waals surface area contributed by atoms with E-state index in [4.69, 9.17) is 16.3 Å². The summed E-state index contributed by atoms with van der Waals surface area (Å²) in [5, 5.41) is 0.620. The van der Waals surface area contributed by atoms with Crippen LogP contribution in [0.3, 0.4) is 0 Å². The van der Waals surface area contributed by atoms with Crippen molar-refractivity contribution in [3.05, 3.63) is 53.8 Å². The number of hydrogen-bond acceptors (Lipinski definition) is 5. The lowest BCUT2D eigenvalue weighted by Crippen LogP contribution is -2.40. The third kappa shape index (κ3) is 3.34. The molecule has 6 nitrogen and oxygen atoms in total. The summed E-state index contributed by atoms with van der Waals surface area (Å²) in [6, 6.07) is 3.62. The quantitative estimate of drug-likeness (QED) is 0.729. The molecular formula is C17H18ClN5O. The van der Waals surface area contributed by atoms with E-state index >= 15 is 0 Å². The van der Waals surface area contributed by atoms with E-state index in [0.717, 1.165) is 43.8 Å². The van der Waals surface area contributed by atoms with Crippen LogP contribution in [0.4, 0.5) is 0 Å². The van der Waals surface area contributed by atoms with Gasteiger partial charge in [0.25, 0.3) is 0 Å². The first kappa shape index (κ1) is 15.4. The second kappa shape index (κ2) is 6.75. The minimum Gasteiger partial charge on any atom is -0.473 e. The fourth-order valence-corrected chi connectivity index (χ4v) is 3.21. The number of halogens is 1. The standard InChI is InChI=1S/C17H18ClN5O/c18-13-3-4-17(21-8-13)24-15-2-1-6-22(12-15)11-14-9-20-16-10-19-5-7-23(14)16/h3-5,7-10,15H,1-2,6,11-12H2. The molecular weight excluding hydrogens is 326 g/mol. The number of rotatable bonds is 4. The maximum atomic E-state index is 6.00. The van der Waals surface area contributed by atoms with Gasteiger partial charge in [-0.25, -0.2) is 9.97 Å². The van der Waals surface area contributed by atoms with E-state index in [-0.39, 0.29) is 6.10 Å². The predicted molar refractivity (Wildman–Crippen MR) is 91.2 cm³/mol. The molecule has 1 fully saturated rings. The summed E-state index contributed by atoms with van der Waals surface area (Å²) < 4.78 is 8.08. The molecule has 3 aromatic rings. The van der Waals surface area contributed by atoms with Gasteiger partial charge in [0.15, 0.2) is 5.65 Å². The van der Waals surface area contributed by atoms with Gasteiger partial charge in [0.05, 0.1) is 23.1 Å². The predicted octanol–water partition coefficient (Wildman–Crippen LogP) is 2.82. The summed E-state index contributed by atoms with van der Waals surface area (Å²) >= 11 is 5.87. The van der Waals surface area contributed by atoms with Crippen LogP contribution < -0.4 is 4.74 Å². The molecule has 0 bridgehead atoms. The fraction of sp³-hybridized carbons (Fsp3) is 0.353. The molecule has 0 aliphatic carbocycles. The second-order valence-corrected chi connectivity index (χ2v) is 6.42. The van der Waals surface area contributed by atoms with E-state index in [9.17, 15) is 0 Å². The number of aromatic nitrogens is 4. The van der Waals surface area contributed by atoms with Gasteiger partial charge in [-0.15, -0.1) is 0 Å². The van der Waals surface area contributed by atoms with Gasteiger partial charge < -0.3 is 4.74 Å². The molecule has 0 spiro atoms. The Labute approximate surface area is 145 Å². The fourth-order valence-electron chi connectivity index (χ4n) is 3.10. The van der Waals surface area contributed by atoms with Crippen LogP contribution in [0.25, 0.3) is 5.65 Å². The number of ether oxygens (including phenoxy) is 1. The molecule has 24 heavy (non-hydrogen) atoms. The van der Waals surface area contributed by atoms with Gasteiger partial charge in [-0.1, -0.05) is 11.6 Å². The lowest BCUT2D eigenvalue weighted by Gasteiger charge is -2.32. The first-order valence-electron chi connectivity index (χ1n) is 8.04. The first-order valence-corrected chi connectivity index (χ1v) is 8.42. The molecule has 124 valence electrons. The van der Waals surface area contributed by atoms with Crippen LogP contribution in [0.2, 0.25) is 5.02 Å². The number of pyridine rings is 1. The first-order chi connectivity index (χ1) is 11.8. The summed E-state index contributed by atoms with van der Waals surface area (Å²) in [4.78, 5) is 15.1. The number of imidazole rings is 1. The third-order valence-electron chi connectivity index (χ3n) is 4.23.